The molecule has 0 fully saturated rings. The number of anilines is 1. The fourth-order valence-electron chi connectivity index (χ4n) is 1.79. The largest absolute Gasteiger partial charge is 0.463 e. The van der Waals surface area contributed by atoms with Gasteiger partial charge in [0, 0.05) is 12.2 Å². The smallest absolute Gasteiger partial charge is 0.376 e. The predicted molar refractivity (Wildman–Crippen MR) is 75.1 cm³/mol. The Hall–Kier alpha value is -1.65. The molecule has 0 saturated heterocycles. The first-order chi connectivity index (χ1) is 9.02. The van der Waals surface area contributed by atoms with Gasteiger partial charge in [0.25, 0.3) is 0 Å². The highest BCUT2D eigenvalue weighted by atomic mass is 16.5. The zero-order valence-electron chi connectivity index (χ0n) is 12.1. The third kappa shape index (κ3) is 5.68. The van der Waals surface area contributed by atoms with Gasteiger partial charge in [-0.05, 0) is 25.3 Å². The number of methoxy groups -OCH3 is 1. The quantitative estimate of drug-likeness (QED) is 0.768. The van der Waals surface area contributed by atoms with E-state index in [-0.39, 0.29) is 5.82 Å². The number of hydrogen-bond acceptors (Lipinski definition) is 5. The molecule has 1 unspecified atom stereocenters. The summed E-state index contributed by atoms with van der Waals surface area (Å²) in [5, 5.41) is 3.28. The second-order valence-electron chi connectivity index (χ2n) is 5.13. The third-order valence-corrected chi connectivity index (χ3v) is 2.84. The lowest BCUT2D eigenvalue weighted by Crippen LogP contribution is -2.17. The van der Waals surface area contributed by atoms with Gasteiger partial charge in [0.15, 0.2) is 0 Å². The van der Waals surface area contributed by atoms with Crippen LogP contribution in [-0.4, -0.2) is 29.1 Å². The number of nitrogens with zero attached hydrogens (tertiary/aromatic N) is 2. The summed E-state index contributed by atoms with van der Waals surface area (Å²) < 4.78 is 4.60. The second-order valence-corrected chi connectivity index (χ2v) is 5.13. The lowest BCUT2D eigenvalue weighted by atomic mass is 10.0. The van der Waals surface area contributed by atoms with E-state index in [1.165, 1.54) is 20.0 Å². The van der Waals surface area contributed by atoms with Gasteiger partial charge in [0.2, 0.25) is 5.82 Å². The highest BCUT2D eigenvalue weighted by molar-refractivity contribution is 5.85. The molecule has 0 aliphatic carbocycles. The molecule has 0 aliphatic heterocycles. The monoisotopic (exact) mass is 265 g/mol. The zero-order chi connectivity index (χ0) is 14.3. The lowest BCUT2D eigenvalue weighted by Gasteiger charge is -2.15. The van der Waals surface area contributed by atoms with Gasteiger partial charge >= 0.3 is 5.97 Å². The van der Waals surface area contributed by atoms with Crippen LogP contribution in [0.3, 0.4) is 0 Å². The minimum absolute atomic E-state index is 0.0851. The Morgan fingerprint density at radius 1 is 1.37 bits per heavy atom. The number of carbonyl (C=O) groups is 1. The molecule has 1 atom stereocenters. The van der Waals surface area contributed by atoms with Gasteiger partial charge in [-0.2, -0.15) is 0 Å². The molecule has 0 bridgehead atoms. The van der Waals surface area contributed by atoms with Gasteiger partial charge in [-0.15, -0.1) is 0 Å². The van der Waals surface area contributed by atoms with Crippen LogP contribution >= 0.6 is 0 Å². The summed E-state index contributed by atoms with van der Waals surface area (Å²) in [7, 11) is 1.32. The molecular weight excluding hydrogens is 242 g/mol. The Bertz CT molecular complexity index is 407. The van der Waals surface area contributed by atoms with E-state index in [4.69, 9.17) is 0 Å². The van der Waals surface area contributed by atoms with Crippen molar-refractivity contribution in [1.82, 2.24) is 9.97 Å². The maximum absolute atomic E-state index is 11.3. The van der Waals surface area contributed by atoms with Crippen molar-refractivity contribution in [2.24, 2.45) is 5.92 Å². The Labute approximate surface area is 114 Å². The molecule has 0 aliphatic rings. The summed E-state index contributed by atoms with van der Waals surface area (Å²) >= 11 is 0. The molecule has 0 radical (unpaired) electrons. The summed E-state index contributed by atoms with van der Waals surface area (Å²) in [5.74, 6) is 0.961. The van der Waals surface area contributed by atoms with Crippen LogP contribution in [0.4, 0.5) is 5.82 Å². The van der Waals surface area contributed by atoms with Crippen LogP contribution in [0.1, 0.15) is 50.7 Å². The maximum atomic E-state index is 11.3. The van der Waals surface area contributed by atoms with Crippen LogP contribution in [-0.2, 0) is 4.74 Å². The molecule has 1 N–H and O–H groups in total. The van der Waals surface area contributed by atoms with Gasteiger partial charge in [-0.25, -0.2) is 14.8 Å². The summed E-state index contributed by atoms with van der Waals surface area (Å²) in [4.78, 5) is 19.3. The first kappa shape index (κ1) is 15.4. The number of carbonyl (C=O) groups excluding carboxylic acids is 1. The highest BCUT2D eigenvalue weighted by Crippen LogP contribution is 2.12. The third-order valence-electron chi connectivity index (χ3n) is 2.84. The Kier molecular flexibility index (Phi) is 6.25. The first-order valence-corrected chi connectivity index (χ1v) is 6.70. The van der Waals surface area contributed by atoms with Gasteiger partial charge in [-0.3, -0.25) is 0 Å². The molecule has 0 amide bonds. The predicted octanol–water partition coefficient (Wildman–Crippen LogP) is 2.89. The molecule has 1 aromatic heterocycles. The van der Waals surface area contributed by atoms with Crippen LogP contribution < -0.4 is 5.32 Å². The summed E-state index contributed by atoms with van der Waals surface area (Å²) in [6.45, 7) is 6.57. The van der Waals surface area contributed by atoms with E-state index in [0.717, 1.165) is 12.3 Å². The summed E-state index contributed by atoms with van der Waals surface area (Å²) in [5.41, 5.74) is 0. The van der Waals surface area contributed by atoms with E-state index in [9.17, 15) is 4.79 Å². The first-order valence-electron chi connectivity index (χ1n) is 6.70. The summed E-state index contributed by atoms with van der Waals surface area (Å²) in [6.07, 6.45) is 5.04. The minimum Gasteiger partial charge on any atom is -0.463 e. The number of ether oxygens (including phenoxy) is 1. The van der Waals surface area contributed by atoms with E-state index >= 15 is 0 Å². The van der Waals surface area contributed by atoms with Crippen molar-refractivity contribution < 1.29 is 9.53 Å². The molecule has 106 valence electrons. The number of nitrogens with one attached hydrogen (secondary N) is 1. The lowest BCUT2D eigenvalue weighted by molar-refractivity contribution is 0.0587. The molecule has 0 spiro atoms. The van der Waals surface area contributed by atoms with E-state index in [1.54, 1.807) is 12.3 Å². The molecular formula is C14H23N3O2. The number of aromatic nitrogens is 2. The fourth-order valence-corrected chi connectivity index (χ4v) is 1.79. The Morgan fingerprint density at radius 2 is 2.11 bits per heavy atom. The molecule has 0 aromatic carbocycles. The van der Waals surface area contributed by atoms with Crippen LogP contribution in [0.5, 0.6) is 0 Å². The van der Waals surface area contributed by atoms with Crippen LogP contribution in [0.15, 0.2) is 12.3 Å². The maximum Gasteiger partial charge on any atom is 0.376 e. The van der Waals surface area contributed by atoms with Gasteiger partial charge < -0.3 is 10.1 Å². The average Bonchev–Trinajstić information content (AvgIpc) is 2.37. The topological polar surface area (TPSA) is 64.1 Å². The van der Waals surface area contributed by atoms with E-state index in [1.807, 2.05) is 0 Å². The van der Waals surface area contributed by atoms with Crippen molar-refractivity contribution in [2.75, 3.05) is 12.4 Å². The van der Waals surface area contributed by atoms with Crippen molar-refractivity contribution in [3.8, 4) is 0 Å². The number of rotatable bonds is 7. The molecule has 5 heteroatoms. The van der Waals surface area contributed by atoms with Gasteiger partial charge in [0.05, 0.1) is 7.11 Å². The molecule has 1 rings (SSSR count). The SMILES string of the molecule is COC(=O)c1nccc(NC(C)CCCC(C)C)n1. The van der Waals surface area contributed by atoms with Crippen molar-refractivity contribution in [3.63, 3.8) is 0 Å². The van der Waals surface area contributed by atoms with E-state index < -0.39 is 5.97 Å². The Morgan fingerprint density at radius 3 is 2.74 bits per heavy atom. The molecule has 1 aromatic rings. The van der Waals surface area contributed by atoms with Crippen molar-refractivity contribution in [2.45, 2.75) is 46.1 Å². The van der Waals surface area contributed by atoms with Gasteiger partial charge in [-0.1, -0.05) is 26.7 Å². The molecule has 0 saturated carbocycles. The normalized spacial score (nSPS) is 12.3. The summed E-state index contributed by atoms with van der Waals surface area (Å²) in [6, 6.07) is 2.07. The van der Waals surface area contributed by atoms with Crippen molar-refractivity contribution in [1.29, 1.82) is 0 Å². The van der Waals surface area contributed by atoms with Crippen LogP contribution in [0, 0.1) is 5.92 Å². The molecule has 19 heavy (non-hydrogen) atoms. The number of esters is 1. The highest BCUT2D eigenvalue weighted by Gasteiger charge is 2.10. The Balaban J connectivity index is 2.50. The minimum atomic E-state index is -0.517. The zero-order valence-corrected chi connectivity index (χ0v) is 12.1. The standard InChI is InChI=1S/C14H23N3O2/c1-10(2)6-5-7-11(3)16-12-8-9-15-13(17-12)14(18)19-4/h8-11H,5-7H2,1-4H3,(H,15,16,17). The van der Waals surface area contributed by atoms with Gasteiger partial charge in [0.1, 0.15) is 5.82 Å². The van der Waals surface area contributed by atoms with E-state index in [2.05, 4.69) is 40.8 Å². The van der Waals surface area contributed by atoms with Crippen molar-refractivity contribution in [3.05, 3.63) is 18.1 Å². The molecule has 5 nitrogen and oxygen atoms in total. The van der Waals surface area contributed by atoms with Crippen LogP contribution in [0.25, 0.3) is 0 Å². The fraction of sp³-hybridized carbons (Fsp3) is 0.643. The van der Waals surface area contributed by atoms with Crippen molar-refractivity contribution >= 4 is 11.8 Å². The van der Waals surface area contributed by atoms with E-state index in [0.29, 0.717) is 11.9 Å². The molecule has 1 heterocycles. The average molecular weight is 265 g/mol. The second kappa shape index (κ2) is 7.71. The van der Waals surface area contributed by atoms with Crippen LogP contribution in [0.2, 0.25) is 0 Å². The number of hydrogen-bond donors (Lipinski definition) is 1.